The summed E-state index contributed by atoms with van der Waals surface area (Å²) in [6.45, 7) is 4.03. The summed E-state index contributed by atoms with van der Waals surface area (Å²) < 4.78 is 0. The van der Waals surface area contributed by atoms with Crippen LogP contribution in [0.15, 0.2) is 0 Å². The Bertz CT molecular complexity index is 174. The Morgan fingerprint density at radius 3 is 2.57 bits per heavy atom. The third kappa shape index (κ3) is 3.12. The minimum Gasteiger partial charge on any atom is -0.394 e. The second-order valence-electron chi connectivity index (χ2n) is 4.35. The molecule has 3 N–H and O–H groups in total. The van der Waals surface area contributed by atoms with Gasteiger partial charge < -0.3 is 15.5 Å². The molecular weight excluding hydrogens is 198 g/mol. The summed E-state index contributed by atoms with van der Waals surface area (Å²) in [5.74, 6) is 1.23. The highest BCUT2D eigenvalue weighted by Gasteiger charge is 2.30. The Hall–Kier alpha value is 0.230. The molecule has 84 valence electrons. The minimum absolute atomic E-state index is 0.0165. The van der Waals surface area contributed by atoms with Crippen molar-refractivity contribution in [2.45, 2.75) is 43.5 Å². The van der Waals surface area contributed by atoms with Crippen LogP contribution in [0.4, 0.5) is 0 Å². The first-order chi connectivity index (χ1) is 6.61. The van der Waals surface area contributed by atoms with Crippen molar-refractivity contribution >= 4 is 11.8 Å². The standard InChI is InChI=1S/C10H21NO2S/c1-8-9(4-3-5-14-8)11-10(2,6-12)7-13/h8-9,11-13H,3-7H2,1-2H3. The summed E-state index contributed by atoms with van der Waals surface area (Å²) >= 11 is 1.96. The lowest BCUT2D eigenvalue weighted by molar-refractivity contribution is 0.0922. The topological polar surface area (TPSA) is 52.5 Å². The van der Waals surface area contributed by atoms with E-state index in [1.807, 2.05) is 18.7 Å². The van der Waals surface area contributed by atoms with Crippen LogP contribution in [-0.2, 0) is 0 Å². The summed E-state index contributed by atoms with van der Waals surface area (Å²) in [5.41, 5.74) is -0.531. The zero-order chi connectivity index (χ0) is 10.6. The highest BCUT2D eigenvalue weighted by atomic mass is 32.2. The van der Waals surface area contributed by atoms with E-state index >= 15 is 0 Å². The molecule has 2 atom stereocenters. The average molecular weight is 219 g/mol. The Balaban J connectivity index is 2.48. The number of aliphatic hydroxyl groups is 2. The molecular formula is C10H21NO2S. The minimum atomic E-state index is -0.531. The van der Waals surface area contributed by atoms with Crippen molar-refractivity contribution < 1.29 is 10.2 Å². The predicted molar refractivity (Wildman–Crippen MR) is 60.7 cm³/mol. The summed E-state index contributed by atoms with van der Waals surface area (Å²) in [6.07, 6.45) is 2.36. The van der Waals surface area contributed by atoms with Crippen LogP contribution in [0.2, 0.25) is 0 Å². The smallest absolute Gasteiger partial charge is 0.0633 e. The van der Waals surface area contributed by atoms with Gasteiger partial charge in [0.2, 0.25) is 0 Å². The van der Waals surface area contributed by atoms with E-state index in [-0.39, 0.29) is 13.2 Å². The fraction of sp³-hybridized carbons (Fsp3) is 1.00. The van der Waals surface area contributed by atoms with E-state index in [9.17, 15) is 10.2 Å². The molecule has 1 fully saturated rings. The lowest BCUT2D eigenvalue weighted by Gasteiger charge is -2.37. The molecule has 0 saturated carbocycles. The van der Waals surface area contributed by atoms with Crippen LogP contribution >= 0.6 is 11.8 Å². The van der Waals surface area contributed by atoms with Crippen LogP contribution in [-0.4, -0.2) is 46.0 Å². The molecule has 1 saturated heterocycles. The fourth-order valence-corrected chi connectivity index (χ4v) is 2.84. The zero-order valence-electron chi connectivity index (χ0n) is 8.99. The summed E-state index contributed by atoms with van der Waals surface area (Å²) in [5, 5.41) is 22.3. The molecule has 4 heteroatoms. The van der Waals surface area contributed by atoms with Gasteiger partial charge in [-0.05, 0) is 25.5 Å². The van der Waals surface area contributed by atoms with Crippen molar-refractivity contribution in [3.63, 3.8) is 0 Å². The van der Waals surface area contributed by atoms with Gasteiger partial charge in [0.1, 0.15) is 0 Å². The van der Waals surface area contributed by atoms with E-state index in [2.05, 4.69) is 12.2 Å². The molecule has 0 aliphatic carbocycles. The monoisotopic (exact) mass is 219 g/mol. The summed E-state index contributed by atoms with van der Waals surface area (Å²) in [4.78, 5) is 0. The van der Waals surface area contributed by atoms with Gasteiger partial charge in [-0.1, -0.05) is 6.92 Å². The van der Waals surface area contributed by atoms with E-state index in [0.717, 1.165) is 6.42 Å². The highest BCUT2D eigenvalue weighted by molar-refractivity contribution is 7.99. The van der Waals surface area contributed by atoms with Gasteiger partial charge in [-0.3, -0.25) is 0 Å². The molecule has 0 bridgehead atoms. The van der Waals surface area contributed by atoms with E-state index in [1.165, 1.54) is 12.2 Å². The molecule has 0 amide bonds. The number of aliphatic hydroxyl groups excluding tert-OH is 2. The summed E-state index contributed by atoms with van der Waals surface area (Å²) in [7, 11) is 0. The van der Waals surface area contributed by atoms with Crippen LogP contribution < -0.4 is 5.32 Å². The summed E-state index contributed by atoms with van der Waals surface area (Å²) in [6, 6.07) is 0.415. The molecule has 2 unspecified atom stereocenters. The Kier molecular flexibility index (Phi) is 4.70. The van der Waals surface area contributed by atoms with Gasteiger partial charge in [0.15, 0.2) is 0 Å². The molecule has 1 aliphatic heterocycles. The van der Waals surface area contributed by atoms with Gasteiger partial charge in [-0.25, -0.2) is 0 Å². The van der Waals surface area contributed by atoms with Crippen molar-refractivity contribution in [2.75, 3.05) is 19.0 Å². The Labute approximate surface area is 90.3 Å². The van der Waals surface area contributed by atoms with Gasteiger partial charge in [-0.15, -0.1) is 0 Å². The predicted octanol–water partition coefficient (Wildman–Crippen LogP) is 0.603. The first-order valence-corrected chi connectivity index (χ1v) is 6.27. The molecule has 0 spiro atoms. The first kappa shape index (κ1) is 12.3. The van der Waals surface area contributed by atoms with Crippen LogP contribution in [0.5, 0.6) is 0 Å². The van der Waals surface area contributed by atoms with Crippen LogP contribution in [0.3, 0.4) is 0 Å². The molecule has 0 aromatic carbocycles. The molecule has 1 aliphatic rings. The maximum Gasteiger partial charge on any atom is 0.0633 e. The maximum atomic E-state index is 9.17. The molecule has 0 aromatic rings. The van der Waals surface area contributed by atoms with Gasteiger partial charge in [-0.2, -0.15) is 11.8 Å². The average Bonchev–Trinajstić information content (AvgIpc) is 2.21. The van der Waals surface area contributed by atoms with Crippen molar-refractivity contribution in [1.29, 1.82) is 0 Å². The van der Waals surface area contributed by atoms with Gasteiger partial charge in [0.05, 0.1) is 18.8 Å². The lowest BCUT2D eigenvalue weighted by Crippen LogP contribution is -2.56. The van der Waals surface area contributed by atoms with Crippen molar-refractivity contribution in [3.8, 4) is 0 Å². The largest absolute Gasteiger partial charge is 0.394 e. The molecule has 1 rings (SSSR count). The third-order valence-electron chi connectivity index (χ3n) is 2.84. The number of hydrogen-bond acceptors (Lipinski definition) is 4. The van der Waals surface area contributed by atoms with Crippen LogP contribution in [0.25, 0.3) is 0 Å². The maximum absolute atomic E-state index is 9.17. The molecule has 1 heterocycles. The molecule has 0 aromatic heterocycles. The van der Waals surface area contributed by atoms with Crippen molar-refractivity contribution in [3.05, 3.63) is 0 Å². The van der Waals surface area contributed by atoms with Gasteiger partial charge >= 0.3 is 0 Å². The quantitative estimate of drug-likeness (QED) is 0.648. The second kappa shape index (κ2) is 5.35. The zero-order valence-corrected chi connectivity index (χ0v) is 9.81. The van der Waals surface area contributed by atoms with Crippen molar-refractivity contribution in [2.24, 2.45) is 0 Å². The number of nitrogens with one attached hydrogen (secondary N) is 1. The molecule has 14 heavy (non-hydrogen) atoms. The Morgan fingerprint density at radius 2 is 2.07 bits per heavy atom. The van der Waals surface area contributed by atoms with Crippen LogP contribution in [0.1, 0.15) is 26.7 Å². The lowest BCUT2D eigenvalue weighted by atomic mass is 10.00. The van der Waals surface area contributed by atoms with Crippen LogP contribution in [0, 0.1) is 0 Å². The Morgan fingerprint density at radius 1 is 1.43 bits per heavy atom. The first-order valence-electron chi connectivity index (χ1n) is 5.22. The number of thioether (sulfide) groups is 1. The van der Waals surface area contributed by atoms with E-state index < -0.39 is 5.54 Å². The SMILES string of the molecule is CC1SCCCC1NC(C)(CO)CO. The molecule has 3 nitrogen and oxygen atoms in total. The van der Waals surface area contributed by atoms with E-state index in [1.54, 1.807) is 0 Å². The van der Waals surface area contributed by atoms with Crippen molar-refractivity contribution in [1.82, 2.24) is 5.32 Å². The molecule has 0 radical (unpaired) electrons. The van der Waals surface area contributed by atoms with Gasteiger partial charge in [0, 0.05) is 11.3 Å². The van der Waals surface area contributed by atoms with E-state index in [0.29, 0.717) is 11.3 Å². The van der Waals surface area contributed by atoms with Gasteiger partial charge in [0.25, 0.3) is 0 Å². The third-order valence-corrected chi connectivity index (χ3v) is 4.22. The van der Waals surface area contributed by atoms with E-state index in [4.69, 9.17) is 0 Å². The highest BCUT2D eigenvalue weighted by Crippen LogP contribution is 2.26. The second-order valence-corrected chi connectivity index (χ2v) is 5.83. The number of hydrogen-bond donors (Lipinski definition) is 3. The normalized spacial score (nSPS) is 29.1. The number of rotatable bonds is 4. The fourth-order valence-electron chi connectivity index (χ4n) is 1.70.